The smallest absolute Gasteiger partial charge is 0.316 e. The van der Waals surface area contributed by atoms with Gasteiger partial charge in [-0.05, 0) is 29.8 Å². The number of benzene rings is 2. The first-order valence-corrected chi connectivity index (χ1v) is 6.19. The van der Waals surface area contributed by atoms with Crippen molar-refractivity contribution in [2.45, 2.75) is 0 Å². The van der Waals surface area contributed by atoms with Crippen molar-refractivity contribution >= 4 is 34.9 Å². The van der Waals surface area contributed by atoms with Crippen molar-refractivity contribution in [2.24, 2.45) is 5.10 Å². The second kappa shape index (κ2) is 5.30. The zero-order valence-corrected chi connectivity index (χ0v) is 10.9. The Morgan fingerprint density at radius 1 is 1.20 bits per heavy atom. The van der Waals surface area contributed by atoms with E-state index >= 15 is 0 Å². The van der Waals surface area contributed by atoms with Crippen molar-refractivity contribution < 1.29 is 8.81 Å². The third-order valence-corrected chi connectivity index (χ3v) is 2.83. The zero-order valence-electron chi connectivity index (χ0n) is 10.2. The minimum atomic E-state index is -0.286. The molecule has 1 aromatic heterocycles. The van der Waals surface area contributed by atoms with Crippen LogP contribution < -0.4 is 5.43 Å². The summed E-state index contributed by atoms with van der Waals surface area (Å²) in [7, 11) is 0. The van der Waals surface area contributed by atoms with Gasteiger partial charge in [0.15, 0.2) is 5.58 Å². The van der Waals surface area contributed by atoms with E-state index in [0.717, 1.165) is 5.56 Å². The second-order valence-corrected chi connectivity index (χ2v) is 4.49. The highest BCUT2D eigenvalue weighted by Crippen LogP contribution is 2.22. The molecule has 1 N–H and O–H groups in total. The van der Waals surface area contributed by atoms with Crippen LogP contribution >= 0.6 is 11.6 Å². The zero-order chi connectivity index (χ0) is 13.9. The molecule has 0 amide bonds. The summed E-state index contributed by atoms with van der Waals surface area (Å²) < 4.78 is 18.2. The monoisotopic (exact) mass is 289 g/mol. The molecule has 0 aliphatic carbocycles. The molecule has 2 aromatic carbocycles. The molecule has 6 heteroatoms. The van der Waals surface area contributed by atoms with Gasteiger partial charge in [0.2, 0.25) is 0 Å². The van der Waals surface area contributed by atoms with Gasteiger partial charge in [-0.1, -0.05) is 23.7 Å². The average molecular weight is 290 g/mol. The topological polar surface area (TPSA) is 50.4 Å². The predicted molar refractivity (Wildman–Crippen MR) is 76.6 cm³/mol. The summed E-state index contributed by atoms with van der Waals surface area (Å²) in [5.41, 5.74) is 4.70. The number of rotatable bonds is 3. The van der Waals surface area contributed by atoms with Crippen LogP contribution in [0.25, 0.3) is 11.1 Å². The fourth-order valence-electron chi connectivity index (χ4n) is 1.66. The summed E-state index contributed by atoms with van der Waals surface area (Å²) in [4.78, 5) is 4.19. The molecule has 3 aromatic rings. The Morgan fingerprint density at radius 2 is 2.00 bits per heavy atom. The Hall–Kier alpha value is -2.40. The molecular weight excluding hydrogens is 281 g/mol. The predicted octanol–water partition coefficient (Wildman–Crippen LogP) is 4.07. The molecule has 0 saturated heterocycles. The second-order valence-electron chi connectivity index (χ2n) is 4.05. The molecule has 1 heterocycles. The summed E-state index contributed by atoms with van der Waals surface area (Å²) in [5.74, 6) is -0.286. The SMILES string of the molecule is Fc1ccc(/C=N/Nc2nc3ccc(Cl)cc3o2)cc1. The van der Waals surface area contributed by atoms with E-state index in [1.54, 1.807) is 36.5 Å². The van der Waals surface area contributed by atoms with Gasteiger partial charge in [-0.25, -0.2) is 9.82 Å². The lowest BCUT2D eigenvalue weighted by atomic mass is 10.2. The van der Waals surface area contributed by atoms with Crippen molar-refractivity contribution in [1.82, 2.24) is 4.98 Å². The Balaban J connectivity index is 1.74. The van der Waals surface area contributed by atoms with E-state index in [-0.39, 0.29) is 11.8 Å². The molecule has 0 spiro atoms. The van der Waals surface area contributed by atoms with Crippen molar-refractivity contribution in [2.75, 3.05) is 5.43 Å². The fourth-order valence-corrected chi connectivity index (χ4v) is 1.82. The number of fused-ring (bicyclic) bond motifs is 1. The minimum absolute atomic E-state index is 0.264. The molecule has 0 aliphatic rings. The molecule has 0 bridgehead atoms. The quantitative estimate of drug-likeness (QED) is 0.584. The standard InChI is InChI=1S/C14H9ClFN3O/c15-10-3-6-12-13(7-10)20-14(18-12)19-17-8-9-1-4-11(16)5-2-9/h1-8H,(H,18,19)/b17-8+. The number of nitrogens with one attached hydrogen (secondary N) is 1. The van der Waals surface area contributed by atoms with Gasteiger partial charge >= 0.3 is 6.01 Å². The van der Waals surface area contributed by atoms with Crippen LogP contribution in [0.5, 0.6) is 0 Å². The molecule has 3 rings (SSSR count). The molecule has 0 atom stereocenters. The Kier molecular flexibility index (Phi) is 3.35. The largest absolute Gasteiger partial charge is 0.422 e. The summed E-state index contributed by atoms with van der Waals surface area (Å²) in [6.07, 6.45) is 1.54. The molecule has 0 radical (unpaired) electrons. The van der Waals surface area contributed by atoms with Crippen LogP contribution in [-0.2, 0) is 0 Å². The minimum Gasteiger partial charge on any atom is -0.422 e. The molecule has 4 nitrogen and oxygen atoms in total. The fraction of sp³-hybridized carbons (Fsp3) is 0. The van der Waals surface area contributed by atoms with Crippen molar-refractivity contribution in [3.05, 3.63) is 58.9 Å². The van der Waals surface area contributed by atoms with Gasteiger partial charge < -0.3 is 4.42 Å². The maximum atomic E-state index is 12.7. The summed E-state index contributed by atoms with van der Waals surface area (Å²) in [5, 5.41) is 4.55. The molecule has 0 fully saturated rings. The van der Waals surface area contributed by atoms with E-state index in [4.69, 9.17) is 16.0 Å². The number of halogens is 2. The van der Waals surface area contributed by atoms with Crippen LogP contribution in [0.2, 0.25) is 5.02 Å². The van der Waals surface area contributed by atoms with Crippen LogP contribution in [0.4, 0.5) is 10.4 Å². The number of hydrogen-bond donors (Lipinski definition) is 1. The van der Waals surface area contributed by atoms with Gasteiger partial charge in [-0.3, -0.25) is 0 Å². The lowest BCUT2D eigenvalue weighted by Gasteiger charge is -1.93. The van der Waals surface area contributed by atoms with E-state index in [9.17, 15) is 4.39 Å². The maximum Gasteiger partial charge on any atom is 0.316 e. The highest BCUT2D eigenvalue weighted by atomic mass is 35.5. The van der Waals surface area contributed by atoms with E-state index in [1.807, 2.05) is 0 Å². The van der Waals surface area contributed by atoms with E-state index in [1.165, 1.54) is 12.1 Å². The lowest BCUT2D eigenvalue weighted by molar-refractivity contribution is 0.617. The van der Waals surface area contributed by atoms with E-state index in [2.05, 4.69) is 15.5 Å². The molecule has 20 heavy (non-hydrogen) atoms. The number of anilines is 1. The summed E-state index contributed by atoms with van der Waals surface area (Å²) >= 11 is 5.86. The third kappa shape index (κ3) is 2.78. The first-order chi connectivity index (χ1) is 9.70. The summed E-state index contributed by atoms with van der Waals surface area (Å²) in [6, 6.07) is 11.4. The van der Waals surface area contributed by atoms with Gasteiger partial charge in [0.05, 0.1) is 6.21 Å². The number of hydrazone groups is 1. The maximum absolute atomic E-state index is 12.7. The van der Waals surface area contributed by atoms with Crippen LogP contribution in [0.3, 0.4) is 0 Å². The number of aromatic nitrogens is 1. The van der Waals surface area contributed by atoms with Gasteiger partial charge in [0.25, 0.3) is 0 Å². The normalized spacial score (nSPS) is 11.3. The number of hydrogen-bond acceptors (Lipinski definition) is 4. The van der Waals surface area contributed by atoms with Crippen LogP contribution in [-0.4, -0.2) is 11.2 Å². The van der Waals surface area contributed by atoms with Gasteiger partial charge in [-0.15, -0.1) is 0 Å². The highest BCUT2D eigenvalue weighted by molar-refractivity contribution is 6.31. The lowest BCUT2D eigenvalue weighted by Crippen LogP contribution is -1.90. The van der Waals surface area contributed by atoms with Crippen molar-refractivity contribution in [3.8, 4) is 0 Å². The van der Waals surface area contributed by atoms with E-state index < -0.39 is 0 Å². The highest BCUT2D eigenvalue weighted by Gasteiger charge is 2.04. The average Bonchev–Trinajstić information content (AvgIpc) is 2.83. The molecule has 100 valence electrons. The van der Waals surface area contributed by atoms with Gasteiger partial charge in [0.1, 0.15) is 11.3 Å². The Bertz CT molecular complexity index is 768. The Morgan fingerprint density at radius 3 is 2.80 bits per heavy atom. The van der Waals surface area contributed by atoms with Crippen LogP contribution in [0.1, 0.15) is 5.56 Å². The molecule has 0 aliphatic heterocycles. The van der Waals surface area contributed by atoms with Gasteiger partial charge in [0, 0.05) is 11.1 Å². The molecule has 0 saturated carbocycles. The van der Waals surface area contributed by atoms with E-state index in [0.29, 0.717) is 16.1 Å². The summed E-state index contributed by atoms with van der Waals surface area (Å²) in [6.45, 7) is 0. The first kappa shape index (κ1) is 12.6. The third-order valence-electron chi connectivity index (χ3n) is 2.59. The molecule has 0 unspecified atom stereocenters. The van der Waals surface area contributed by atoms with Crippen LogP contribution in [0, 0.1) is 5.82 Å². The number of nitrogens with zero attached hydrogens (tertiary/aromatic N) is 2. The van der Waals surface area contributed by atoms with Gasteiger partial charge in [-0.2, -0.15) is 10.1 Å². The van der Waals surface area contributed by atoms with Crippen molar-refractivity contribution in [3.63, 3.8) is 0 Å². The van der Waals surface area contributed by atoms with Crippen molar-refractivity contribution in [1.29, 1.82) is 0 Å². The number of oxazole rings is 1. The molecular formula is C14H9ClFN3O. The van der Waals surface area contributed by atoms with Crippen LogP contribution in [0.15, 0.2) is 52.0 Å². The Labute approximate surface area is 118 Å². The first-order valence-electron chi connectivity index (χ1n) is 5.81.